The number of hydrogen-bond acceptors (Lipinski definition) is 3. The monoisotopic (exact) mass is 285 g/mol. The number of nitrogens with zero attached hydrogens (tertiary/aromatic N) is 1. The van der Waals surface area contributed by atoms with Gasteiger partial charge in [-0.3, -0.25) is 9.78 Å². The van der Waals surface area contributed by atoms with Crippen LogP contribution >= 0.6 is 0 Å². The van der Waals surface area contributed by atoms with Gasteiger partial charge in [-0.2, -0.15) is 0 Å². The summed E-state index contributed by atoms with van der Waals surface area (Å²) in [6.45, 7) is 4.55. The van der Waals surface area contributed by atoms with Crippen LogP contribution < -0.4 is 4.74 Å². The van der Waals surface area contributed by atoms with Crippen LogP contribution in [0.4, 0.5) is 0 Å². The highest BCUT2D eigenvalue weighted by Gasteiger charge is 2.10. The van der Waals surface area contributed by atoms with Crippen molar-refractivity contribution in [1.82, 2.24) is 4.98 Å². The molecule has 0 bridgehead atoms. The van der Waals surface area contributed by atoms with Crippen LogP contribution in [0.5, 0.6) is 5.75 Å². The molecule has 1 aromatic carbocycles. The second kappa shape index (κ2) is 6.88. The number of aromatic nitrogens is 1. The zero-order chi connectivity index (χ0) is 15.2. The topological polar surface area (TPSA) is 59.4 Å². The highest BCUT2D eigenvalue weighted by molar-refractivity contribution is 5.72. The van der Waals surface area contributed by atoms with Crippen molar-refractivity contribution in [2.45, 2.75) is 26.7 Å². The number of carboxylic acid groups (broad SMARTS) is 1. The van der Waals surface area contributed by atoms with Crippen LogP contribution in [0.1, 0.15) is 24.6 Å². The molecule has 0 aliphatic carbocycles. The number of aliphatic carboxylic acids is 1. The SMILES string of the molecule is CCCOc1ccccc1-c1ccc(CC(=O)O)c(C)n1. The summed E-state index contributed by atoms with van der Waals surface area (Å²) in [7, 11) is 0. The Balaban J connectivity index is 2.34. The Labute approximate surface area is 124 Å². The van der Waals surface area contributed by atoms with Crippen molar-refractivity contribution >= 4 is 5.97 Å². The molecule has 1 N–H and O–H groups in total. The van der Waals surface area contributed by atoms with Crippen molar-refractivity contribution in [3.63, 3.8) is 0 Å². The van der Waals surface area contributed by atoms with Gasteiger partial charge in [0, 0.05) is 11.3 Å². The molecule has 0 aliphatic heterocycles. The molecule has 2 aromatic rings. The molecular weight excluding hydrogens is 266 g/mol. The number of aryl methyl sites for hydroxylation is 1. The number of para-hydroxylation sites is 1. The van der Waals surface area contributed by atoms with Crippen LogP contribution in [-0.2, 0) is 11.2 Å². The van der Waals surface area contributed by atoms with Gasteiger partial charge in [0.05, 0.1) is 18.7 Å². The molecule has 0 amide bonds. The fourth-order valence-corrected chi connectivity index (χ4v) is 2.11. The maximum Gasteiger partial charge on any atom is 0.307 e. The second-order valence-corrected chi connectivity index (χ2v) is 4.86. The minimum atomic E-state index is -0.848. The van der Waals surface area contributed by atoms with Crippen molar-refractivity contribution in [2.24, 2.45) is 0 Å². The lowest BCUT2D eigenvalue weighted by Gasteiger charge is -2.12. The molecule has 0 fully saturated rings. The number of pyridine rings is 1. The Kier molecular flexibility index (Phi) is 4.93. The van der Waals surface area contributed by atoms with E-state index < -0.39 is 5.97 Å². The predicted molar refractivity (Wildman–Crippen MR) is 81.5 cm³/mol. The number of rotatable bonds is 6. The summed E-state index contributed by atoms with van der Waals surface area (Å²) in [4.78, 5) is 15.3. The van der Waals surface area contributed by atoms with Crippen molar-refractivity contribution in [3.8, 4) is 17.0 Å². The van der Waals surface area contributed by atoms with Gasteiger partial charge in [0.1, 0.15) is 5.75 Å². The Bertz CT molecular complexity index is 638. The van der Waals surface area contributed by atoms with E-state index in [2.05, 4.69) is 11.9 Å². The van der Waals surface area contributed by atoms with Gasteiger partial charge in [0.25, 0.3) is 0 Å². The van der Waals surface area contributed by atoms with E-state index in [1.165, 1.54) is 0 Å². The summed E-state index contributed by atoms with van der Waals surface area (Å²) >= 11 is 0. The van der Waals surface area contributed by atoms with E-state index in [1.54, 1.807) is 0 Å². The summed E-state index contributed by atoms with van der Waals surface area (Å²) < 4.78 is 5.74. The molecule has 0 radical (unpaired) electrons. The standard InChI is InChI=1S/C17H19NO3/c1-3-10-21-16-7-5-4-6-14(16)15-9-8-13(11-17(19)20)12(2)18-15/h4-9H,3,10-11H2,1-2H3,(H,19,20). The Hall–Kier alpha value is -2.36. The Morgan fingerprint density at radius 2 is 2.00 bits per heavy atom. The van der Waals surface area contributed by atoms with E-state index in [1.807, 2.05) is 43.3 Å². The van der Waals surface area contributed by atoms with E-state index in [9.17, 15) is 4.79 Å². The highest BCUT2D eigenvalue weighted by Crippen LogP contribution is 2.29. The van der Waals surface area contributed by atoms with Gasteiger partial charge in [0.15, 0.2) is 0 Å². The fourth-order valence-electron chi connectivity index (χ4n) is 2.11. The van der Waals surface area contributed by atoms with Crippen LogP contribution in [0, 0.1) is 6.92 Å². The van der Waals surface area contributed by atoms with E-state index in [0.29, 0.717) is 6.61 Å². The van der Waals surface area contributed by atoms with Gasteiger partial charge in [-0.15, -0.1) is 0 Å². The van der Waals surface area contributed by atoms with Crippen molar-refractivity contribution in [1.29, 1.82) is 0 Å². The van der Waals surface area contributed by atoms with Gasteiger partial charge in [-0.1, -0.05) is 25.1 Å². The maximum atomic E-state index is 10.8. The van der Waals surface area contributed by atoms with Crippen molar-refractivity contribution in [3.05, 3.63) is 47.7 Å². The van der Waals surface area contributed by atoms with E-state index in [0.717, 1.165) is 34.7 Å². The average molecular weight is 285 g/mol. The van der Waals surface area contributed by atoms with Crippen LogP contribution in [0.25, 0.3) is 11.3 Å². The minimum Gasteiger partial charge on any atom is -0.493 e. The zero-order valence-electron chi connectivity index (χ0n) is 12.3. The van der Waals surface area contributed by atoms with Gasteiger partial charge < -0.3 is 9.84 Å². The number of carbonyl (C=O) groups is 1. The molecule has 0 aliphatic rings. The van der Waals surface area contributed by atoms with E-state index in [-0.39, 0.29) is 6.42 Å². The van der Waals surface area contributed by atoms with Gasteiger partial charge in [-0.25, -0.2) is 0 Å². The predicted octanol–water partition coefficient (Wildman–Crippen LogP) is 3.47. The summed E-state index contributed by atoms with van der Waals surface area (Å²) in [5.41, 5.74) is 3.20. The lowest BCUT2D eigenvalue weighted by Crippen LogP contribution is -2.04. The molecule has 4 nitrogen and oxygen atoms in total. The molecule has 2 rings (SSSR count). The van der Waals surface area contributed by atoms with Gasteiger partial charge in [-0.05, 0) is 37.1 Å². The molecule has 0 spiro atoms. The zero-order valence-corrected chi connectivity index (χ0v) is 12.3. The molecule has 4 heteroatoms. The molecule has 110 valence electrons. The lowest BCUT2D eigenvalue weighted by molar-refractivity contribution is -0.136. The molecule has 0 saturated heterocycles. The lowest BCUT2D eigenvalue weighted by atomic mass is 10.1. The highest BCUT2D eigenvalue weighted by atomic mass is 16.5. The van der Waals surface area contributed by atoms with Crippen LogP contribution in [0.3, 0.4) is 0 Å². The van der Waals surface area contributed by atoms with Crippen LogP contribution in [-0.4, -0.2) is 22.7 Å². The second-order valence-electron chi connectivity index (χ2n) is 4.86. The molecular formula is C17H19NO3. The summed E-state index contributed by atoms with van der Waals surface area (Å²) in [5.74, 6) is -0.0448. The fraction of sp³-hybridized carbons (Fsp3) is 0.294. The van der Waals surface area contributed by atoms with E-state index in [4.69, 9.17) is 9.84 Å². The number of ether oxygens (including phenoxy) is 1. The first-order valence-electron chi connectivity index (χ1n) is 7.02. The first-order chi connectivity index (χ1) is 10.1. The number of hydrogen-bond donors (Lipinski definition) is 1. The molecule has 21 heavy (non-hydrogen) atoms. The van der Waals surface area contributed by atoms with Crippen LogP contribution in [0.2, 0.25) is 0 Å². The first kappa shape index (κ1) is 15.0. The third-order valence-electron chi connectivity index (χ3n) is 3.16. The van der Waals surface area contributed by atoms with Crippen molar-refractivity contribution in [2.75, 3.05) is 6.61 Å². The number of carboxylic acids is 1. The quantitative estimate of drug-likeness (QED) is 0.882. The normalized spacial score (nSPS) is 10.4. The molecule has 0 atom stereocenters. The summed E-state index contributed by atoms with van der Waals surface area (Å²) in [5, 5.41) is 8.87. The third-order valence-corrected chi connectivity index (χ3v) is 3.16. The van der Waals surface area contributed by atoms with Gasteiger partial charge in [0.2, 0.25) is 0 Å². The summed E-state index contributed by atoms with van der Waals surface area (Å²) in [6, 6.07) is 11.4. The summed E-state index contributed by atoms with van der Waals surface area (Å²) in [6.07, 6.45) is 0.936. The smallest absolute Gasteiger partial charge is 0.307 e. The molecule has 0 saturated carbocycles. The van der Waals surface area contributed by atoms with E-state index >= 15 is 0 Å². The minimum absolute atomic E-state index is 0.00685. The van der Waals surface area contributed by atoms with Crippen LogP contribution in [0.15, 0.2) is 36.4 Å². The first-order valence-corrected chi connectivity index (χ1v) is 7.02. The van der Waals surface area contributed by atoms with Crippen molar-refractivity contribution < 1.29 is 14.6 Å². The Morgan fingerprint density at radius 1 is 1.24 bits per heavy atom. The van der Waals surface area contributed by atoms with Gasteiger partial charge >= 0.3 is 5.97 Å². The average Bonchev–Trinajstić information content (AvgIpc) is 2.47. The Morgan fingerprint density at radius 3 is 2.67 bits per heavy atom. The molecule has 1 aromatic heterocycles. The molecule has 1 heterocycles. The largest absolute Gasteiger partial charge is 0.493 e. The third kappa shape index (κ3) is 3.81. The number of benzene rings is 1. The molecule has 0 unspecified atom stereocenters. The maximum absolute atomic E-state index is 10.8.